The lowest BCUT2D eigenvalue weighted by molar-refractivity contribution is -0.119. The van der Waals surface area contributed by atoms with Crippen molar-refractivity contribution in [2.24, 2.45) is 17.3 Å². The van der Waals surface area contributed by atoms with Gasteiger partial charge in [-0.3, -0.25) is 4.79 Å². The van der Waals surface area contributed by atoms with E-state index in [1.165, 1.54) is 38.5 Å². The Balaban J connectivity index is 1.76. The number of carbonyl (C=O) groups is 1. The first-order valence-electron chi connectivity index (χ1n) is 6.04. The number of hydrogen-bond donors (Lipinski definition) is 1. The van der Waals surface area contributed by atoms with Crippen LogP contribution in [0.1, 0.15) is 44.9 Å². The van der Waals surface area contributed by atoms with Crippen LogP contribution in [0, 0.1) is 17.3 Å². The second kappa shape index (κ2) is 2.98. The van der Waals surface area contributed by atoms with Gasteiger partial charge in [-0.1, -0.05) is 25.7 Å². The van der Waals surface area contributed by atoms with Gasteiger partial charge in [-0.25, -0.2) is 0 Å². The third-order valence-electron chi connectivity index (χ3n) is 4.65. The molecule has 3 rings (SSSR count). The van der Waals surface area contributed by atoms with Crippen LogP contribution < -0.4 is 5.32 Å². The highest BCUT2D eigenvalue weighted by atomic mass is 16.1. The van der Waals surface area contributed by atoms with E-state index >= 15 is 0 Å². The SMILES string of the molecule is O=C1CC2(CN1)C[C@H]1CCCC[C@H]1C2. The zero-order valence-corrected chi connectivity index (χ0v) is 8.72. The van der Waals surface area contributed by atoms with Crippen molar-refractivity contribution in [3.8, 4) is 0 Å². The molecule has 2 heteroatoms. The van der Waals surface area contributed by atoms with Crippen molar-refractivity contribution < 1.29 is 4.79 Å². The number of nitrogens with one attached hydrogen (secondary N) is 1. The van der Waals surface area contributed by atoms with E-state index in [0.29, 0.717) is 11.3 Å². The predicted molar refractivity (Wildman–Crippen MR) is 54.7 cm³/mol. The lowest BCUT2D eigenvalue weighted by atomic mass is 9.82. The Hall–Kier alpha value is -0.530. The first kappa shape index (κ1) is 8.75. The minimum Gasteiger partial charge on any atom is -0.356 e. The number of fused-ring (bicyclic) bond motifs is 1. The van der Waals surface area contributed by atoms with E-state index in [1.807, 2.05) is 0 Å². The number of carbonyl (C=O) groups excluding carboxylic acids is 1. The van der Waals surface area contributed by atoms with Crippen molar-refractivity contribution in [3.05, 3.63) is 0 Å². The molecule has 0 aromatic heterocycles. The van der Waals surface area contributed by atoms with Crippen molar-refractivity contribution in [2.75, 3.05) is 6.54 Å². The van der Waals surface area contributed by atoms with Gasteiger partial charge in [0, 0.05) is 13.0 Å². The predicted octanol–water partition coefficient (Wildman–Crippen LogP) is 2.09. The minimum atomic E-state index is 0.295. The smallest absolute Gasteiger partial charge is 0.220 e. The normalized spacial score (nSPS) is 46.7. The molecular weight excluding hydrogens is 174 g/mol. The maximum Gasteiger partial charge on any atom is 0.220 e. The second-order valence-corrected chi connectivity index (χ2v) is 5.67. The summed E-state index contributed by atoms with van der Waals surface area (Å²) in [6.07, 6.45) is 9.20. The van der Waals surface area contributed by atoms with Gasteiger partial charge in [-0.2, -0.15) is 0 Å². The van der Waals surface area contributed by atoms with Crippen LogP contribution in [-0.2, 0) is 4.79 Å². The quantitative estimate of drug-likeness (QED) is 0.627. The van der Waals surface area contributed by atoms with Crippen molar-refractivity contribution in [2.45, 2.75) is 44.9 Å². The molecule has 3 aliphatic rings. The van der Waals surface area contributed by atoms with Gasteiger partial charge in [-0.05, 0) is 30.1 Å². The molecule has 1 spiro atoms. The summed E-state index contributed by atoms with van der Waals surface area (Å²) in [5.41, 5.74) is 0.386. The second-order valence-electron chi connectivity index (χ2n) is 5.67. The van der Waals surface area contributed by atoms with Crippen LogP contribution in [0.5, 0.6) is 0 Å². The highest BCUT2D eigenvalue weighted by Gasteiger charge is 2.49. The van der Waals surface area contributed by atoms with Crippen molar-refractivity contribution in [1.82, 2.24) is 5.32 Å². The maximum atomic E-state index is 11.3. The molecule has 0 bridgehead atoms. The largest absolute Gasteiger partial charge is 0.356 e. The molecule has 14 heavy (non-hydrogen) atoms. The molecule has 3 fully saturated rings. The third kappa shape index (κ3) is 1.27. The molecule has 1 N–H and O–H groups in total. The number of rotatable bonds is 0. The average molecular weight is 193 g/mol. The molecule has 1 saturated heterocycles. The van der Waals surface area contributed by atoms with E-state index in [4.69, 9.17) is 0 Å². The maximum absolute atomic E-state index is 11.3. The highest BCUT2D eigenvalue weighted by molar-refractivity contribution is 5.79. The van der Waals surface area contributed by atoms with Crippen LogP contribution in [0.2, 0.25) is 0 Å². The highest BCUT2D eigenvalue weighted by Crippen LogP contribution is 2.54. The molecule has 3 atom stereocenters. The van der Waals surface area contributed by atoms with E-state index in [1.54, 1.807) is 0 Å². The lowest BCUT2D eigenvalue weighted by Crippen LogP contribution is -2.20. The Morgan fingerprint density at radius 1 is 1.14 bits per heavy atom. The van der Waals surface area contributed by atoms with E-state index < -0.39 is 0 Å². The molecule has 1 unspecified atom stereocenters. The fourth-order valence-electron chi connectivity index (χ4n) is 4.06. The van der Waals surface area contributed by atoms with E-state index in [0.717, 1.165) is 24.8 Å². The fourth-order valence-corrected chi connectivity index (χ4v) is 4.06. The van der Waals surface area contributed by atoms with Gasteiger partial charge in [0.15, 0.2) is 0 Å². The molecule has 1 aliphatic heterocycles. The summed E-state index contributed by atoms with van der Waals surface area (Å²) < 4.78 is 0. The van der Waals surface area contributed by atoms with Crippen LogP contribution >= 0.6 is 0 Å². The van der Waals surface area contributed by atoms with Crippen LogP contribution in [0.3, 0.4) is 0 Å². The summed E-state index contributed by atoms with van der Waals surface area (Å²) in [6.45, 7) is 0.971. The molecule has 2 aliphatic carbocycles. The van der Waals surface area contributed by atoms with Crippen molar-refractivity contribution in [3.63, 3.8) is 0 Å². The van der Waals surface area contributed by atoms with Gasteiger partial charge in [-0.15, -0.1) is 0 Å². The van der Waals surface area contributed by atoms with Gasteiger partial charge in [0.25, 0.3) is 0 Å². The summed E-state index contributed by atoms with van der Waals surface area (Å²) in [6, 6.07) is 0. The van der Waals surface area contributed by atoms with Gasteiger partial charge in [0.05, 0.1) is 0 Å². The third-order valence-corrected chi connectivity index (χ3v) is 4.65. The molecule has 2 saturated carbocycles. The molecule has 2 nitrogen and oxygen atoms in total. The average Bonchev–Trinajstić information content (AvgIpc) is 2.69. The van der Waals surface area contributed by atoms with E-state index in [2.05, 4.69) is 5.32 Å². The van der Waals surface area contributed by atoms with Crippen LogP contribution in [0.25, 0.3) is 0 Å². The molecule has 0 radical (unpaired) electrons. The zero-order valence-electron chi connectivity index (χ0n) is 8.72. The zero-order chi connectivity index (χ0) is 9.60. The van der Waals surface area contributed by atoms with Gasteiger partial charge < -0.3 is 5.32 Å². The summed E-state index contributed by atoms with van der Waals surface area (Å²) in [5, 5.41) is 3.02. The first-order valence-corrected chi connectivity index (χ1v) is 6.04. The van der Waals surface area contributed by atoms with Gasteiger partial charge >= 0.3 is 0 Å². The monoisotopic (exact) mass is 193 g/mol. The fraction of sp³-hybridized carbons (Fsp3) is 0.917. The minimum absolute atomic E-state index is 0.295. The molecule has 1 heterocycles. The summed E-state index contributed by atoms with van der Waals surface area (Å²) >= 11 is 0. The van der Waals surface area contributed by atoms with Crippen LogP contribution in [0.4, 0.5) is 0 Å². The van der Waals surface area contributed by atoms with Crippen LogP contribution in [-0.4, -0.2) is 12.5 Å². The standard InChI is InChI=1S/C12H19NO/c14-11-7-12(8-13-11)5-9-3-1-2-4-10(9)6-12/h9-10H,1-8H2,(H,13,14)/t9-,10+,12?. The van der Waals surface area contributed by atoms with E-state index in [-0.39, 0.29) is 0 Å². The Labute approximate surface area is 85.4 Å². The Morgan fingerprint density at radius 2 is 1.79 bits per heavy atom. The molecule has 0 aromatic carbocycles. The first-order chi connectivity index (χ1) is 6.77. The van der Waals surface area contributed by atoms with Crippen molar-refractivity contribution >= 4 is 5.91 Å². The lowest BCUT2D eigenvalue weighted by Gasteiger charge is -2.24. The van der Waals surface area contributed by atoms with Crippen molar-refractivity contribution in [1.29, 1.82) is 0 Å². The van der Waals surface area contributed by atoms with Crippen LogP contribution in [0.15, 0.2) is 0 Å². The number of hydrogen-bond acceptors (Lipinski definition) is 1. The number of amides is 1. The summed E-state index contributed by atoms with van der Waals surface area (Å²) in [5.74, 6) is 2.21. The van der Waals surface area contributed by atoms with Gasteiger partial charge in [0.1, 0.15) is 0 Å². The Bertz CT molecular complexity index is 247. The summed E-state index contributed by atoms with van der Waals surface area (Å²) in [4.78, 5) is 11.3. The van der Waals surface area contributed by atoms with E-state index in [9.17, 15) is 4.79 Å². The Kier molecular flexibility index (Phi) is 1.86. The molecular formula is C12H19NO. The molecule has 78 valence electrons. The molecule has 0 aromatic rings. The molecule has 1 amide bonds. The Morgan fingerprint density at radius 3 is 2.29 bits per heavy atom. The summed E-state index contributed by atoms with van der Waals surface area (Å²) in [7, 11) is 0. The topological polar surface area (TPSA) is 29.1 Å². The van der Waals surface area contributed by atoms with Gasteiger partial charge in [0.2, 0.25) is 5.91 Å².